The van der Waals surface area contributed by atoms with Crippen LogP contribution in [0, 0.1) is 5.92 Å². The molecule has 0 aromatic heterocycles. The Bertz CT molecular complexity index is 226. The molecule has 1 aliphatic carbocycles. The Morgan fingerprint density at radius 3 is 2.56 bits per heavy atom. The van der Waals surface area contributed by atoms with Gasteiger partial charge < -0.3 is 15.4 Å². The lowest BCUT2D eigenvalue weighted by molar-refractivity contribution is -0.124. The van der Waals surface area contributed by atoms with Crippen LogP contribution in [-0.4, -0.2) is 38.8 Å². The van der Waals surface area contributed by atoms with Gasteiger partial charge in [0.25, 0.3) is 0 Å². The number of carbonyl (C=O) groups excluding carboxylic acids is 1. The summed E-state index contributed by atoms with van der Waals surface area (Å²) < 4.78 is 5.82. The van der Waals surface area contributed by atoms with E-state index >= 15 is 0 Å². The zero-order valence-corrected chi connectivity index (χ0v) is 11.8. The van der Waals surface area contributed by atoms with Crippen LogP contribution in [0.5, 0.6) is 0 Å². The average molecular weight is 256 g/mol. The Kier molecular flexibility index (Phi) is 8.01. The quantitative estimate of drug-likeness (QED) is 0.538. The molecular weight excluding hydrogens is 228 g/mol. The third-order valence-electron chi connectivity index (χ3n) is 3.51. The van der Waals surface area contributed by atoms with Crippen LogP contribution in [0.2, 0.25) is 0 Å². The molecule has 0 spiro atoms. The zero-order valence-electron chi connectivity index (χ0n) is 11.8. The second kappa shape index (κ2) is 9.34. The molecule has 1 atom stereocenters. The number of carbonyl (C=O) groups is 1. The van der Waals surface area contributed by atoms with Crippen LogP contribution in [0.3, 0.4) is 0 Å². The van der Waals surface area contributed by atoms with Crippen molar-refractivity contribution in [1.29, 1.82) is 0 Å². The highest BCUT2D eigenvalue weighted by Gasteiger charge is 2.13. The van der Waals surface area contributed by atoms with E-state index < -0.39 is 0 Å². The highest BCUT2D eigenvalue weighted by Crippen LogP contribution is 2.19. The number of hydrogen-bond donors (Lipinski definition) is 2. The Labute approximate surface area is 111 Å². The summed E-state index contributed by atoms with van der Waals surface area (Å²) in [6.07, 6.45) is 8.05. The van der Waals surface area contributed by atoms with Crippen LogP contribution in [0.15, 0.2) is 0 Å². The molecule has 18 heavy (non-hydrogen) atoms. The minimum absolute atomic E-state index is 0.0212. The zero-order chi connectivity index (χ0) is 13.2. The second-order valence-corrected chi connectivity index (χ2v) is 5.23. The van der Waals surface area contributed by atoms with E-state index in [2.05, 4.69) is 10.6 Å². The van der Waals surface area contributed by atoms with Gasteiger partial charge in [0.05, 0.1) is 12.7 Å². The number of hydrogen-bond acceptors (Lipinski definition) is 3. The van der Waals surface area contributed by atoms with E-state index in [9.17, 15) is 4.79 Å². The lowest BCUT2D eigenvalue weighted by Gasteiger charge is -2.16. The van der Waals surface area contributed by atoms with Gasteiger partial charge in [-0.2, -0.15) is 0 Å². The number of ether oxygens (including phenoxy) is 1. The van der Waals surface area contributed by atoms with E-state index in [-0.39, 0.29) is 11.8 Å². The molecule has 0 aliphatic heterocycles. The first-order valence-electron chi connectivity index (χ1n) is 7.28. The Morgan fingerprint density at radius 1 is 1.28 bits per heavy atom. The molecule has 0 radical (unpaired) electrons. The predicted octanol–water partition coefficient (Wildman–Crippen LogP) is 1.70. The summed E-state index contributed by atoms with van der Waals surface area (Å²) in [6.45, 7) is 3.92. The summed E-state index contributed by atoms with van der Waals surface area (Å²) in [7, 11) is 1.86. The first-order valence-corrected chi connectivity index (χ1v) is 7.28. The highest BCUT2D eigenvalue weighted by molar-refractivity contribution is 5.78. The first-order chi connectivity index (χ1) is 8.74. The Hall–Kier alpha value is -0.610. The lowest BCUT2D eigenvalue weighted by Crippen LogP contribution is -2.36. The van der Waals surface area contributed by atoms with Gasteiger partial charge in [-0.25, -0.2) is 0 Å². The number of amides is 1. The van der Waals surface area contributed by atoms with E-state index in [0.717, 1.165) is 6.54 Å². The smallest absolute Gasteiger partial charge is 0.224 e. The molecule has 106 valence electrons. The van der Waals surface area contributed by atoms with Crippen LogP contribution in [0.4, 0.5) is 0 Å². The molecule has 1 unspecified atom stereocenters. The first kappa shape index (κ1) is 15.4. The molecule has 1 fully saturated rings. The molecule has 0 aromatic rings. The highest BCUT2D eigenvalue weighted by atomic mass is 16.5. The van der Waals surface area contributed by atoms with Crippen molar-refractivity contribution in [3.05, 3.63) is 0 Å². The summed E-state index contributed by atoms with van der Waals surface area (Å²) in [5.41, 5.74) is 0. The maximum atomic E-state index is 11.6. The molecule has 2 N–H and O–H groups in total. The minimum Gasteiger partial charge on any atom is -0.376 e. The van der Waals surface area contributed by atoms with Gasteiger partial charge in [0.2, 0.25) is 5.91 Å². The third-order valence-corrected chi connectivity index (χ3v) is 3.51. The lowest BCUT2D eigenvalue weighted by atomic mass is 10.1. The van der Waals surface area contributed by atoms with Crippen LogP contribution in [0.1, 0.15) is 45.4 Å². The van der Waals surface area contributed by atoms with E-state index in [1.54, 1.807) is 0 Å². The van der Waals surface area contributed by atoms with Crippen molar-refractivity contribution in [1.82, 2.24) is 10.6 Å². The van der Waals surface area contributed by atoms with Gasteiger partial charge in [0.15, 0.2) is 0 Å². The number of nitrogens with one attached hydrogen (secondary N) is 2. The van der Waals surface area contributed by atoms with Crippen molar-refractivity contribution in [2.45, 2.75) is 51.6 Å². The van der Waals surface area contributed by atoms with Gasteiger partial charge in [-0.3, -0.25) is 4.79 Å². The molecule has 0 saturated heterocycles. The molecule has 0 aromatic carbocycles. The average Bonchev–Trinajstić information content (AvgIpc) is 2.63. The maximum absolute atomic E-state index is 11.6. The summed E-state index contributed by atoms with van der Waals surface area (Å²) in [5.74, 6) is 0.127. The number of rotatable bonds is 7. The van der Waals surface area contributed by atoms with Crippen molar-refractivity contribution < 1.29 is 9.53 Å². The van der Waals surface area contributed by atoms with Crippen molar-refractivity contribution in [2.75, 3.05) is 26.7 Å². The fraction of sp³-hybridized carbons (Fsp3) is 0.929. The SMILES string of the molecule is CNCC(C)C(=O)NCCOC1CCCCCC1. The molecule has 1 aliphatic rings. The molecule has 0 bridgehead atoms. The van der Waals surface area contributed by atoms with Crippen LogP contribution in [-0.2, 0) is 9.53 Å². The fourth-order valence-electron chi connectivity index (χ4n) is 2.38. The molecule has 1 saturated carbocycles. The van der Waals surface area contributed by atoms with Crippen LogP contribution >= 0.6 is 0 Å². The van der Waals surface area contributed by atoms with Crippen LogP contribution in [0.25, 0.3) is 0 Å². The topological polar surface area (TPSA) is 50.4 Å². The van der Waals surface area contributed by atoms with Gasteiger partial charge in [0, 0.05) is 19.0 Å². The van der Waals surface area contributed by atoms with Crippen molar-refractivity contribution in [3.8, 4) is 0 Å². The Morgan fingerprint density at radius 2 is 1.94 bits per heavy atom. The van der Waals surface area contributed by atoms with Gasteiger partial charge >= 0.3 is 0 Å². The van der Waals surface area contributed by atoms with Crippen LogP contribution < -0.4 is 10.6 Å². The molecular formula is C14H28N2O2. The van der Waals surface area contributed by atoms with Crippen molar-refractivity contribution in [3.63, 3.8) is 0 Å². The summed E-state index contributed by atoms with van der Waals surface area (Å²) in [5, 5.41) is 5.92. The summed E-state index contributed by atoms with van der Waals surface area (Å²) in [6, 6.07) is 0. The molecule has 1 rings (SSSR count). The van der Waals surface area contributed by atoms with Crippen molar-refractivity contribution >= 4 is 5.91 Å². The predicted molar refractivity (Wildman–Crippen MR) is 73.5 cm³/mol. The van der Waals surface area contributed by atoms with Gasteiger partial charge in [-0.05, 0) is 19.9 Å². The third kappa shape index (κ3) is 6.36. The Balaban J connectivity index is 2.05. The van der Waals surface area contributed by atoms with Gasteiger partial charge in [-0.1, -0.05) is 32.6 Å². The van der Waals surface area contributed by atoms with Gasteiger partial charge in [0.1, 0.15) is 0 Å². The monoisotopic (exact) mass is 256 g/mol. The standard InChI is InChI=1S/C14H28N2O2/c1-12(11-15-2)14(17)16-9-10-18-13-7-5-3-4-6-8-13/h12-13,15H,3-11H2,1-2H3,(H,16,17). The maximum Gasteiger partial charge on any atom is 0.224 e. The van der Waals surface area contributed by atoms with E-state index in [0.29, 0.717) is 19.3 Å². The van der Waals surface area contributed by atoms with Crippen molar-refractivity contribution in [2.24, 2.45) is 5.92 Å². The second-order valence-electron chi connectivity index (χ2n) is 5.23. The molecule has 1 amide bonds. The fourth-order valence-corrected chi connectivity index (χ4v) is 2.38. The molecule has 4 nitrogen and oxygen atoms in total. The summed E-state index contributed by atoms with van der Waals surface area (Å²) in [4.78, 5) is 11.6. The molecule has 4 heteroatoms. The van der Waals surface area contributed by atoms with E-state index in [1.807, 2.05) is 14.0 Å². The minimum atomic E-state index is 0.0212. The van der Waals surface area contributed by atoms with Gasteiger partial charge in [-0.15, -0.1) is 0 Å². The largest absolute Gasteiger partial charge is 0.376 e. The van der Waals surface area contributed by atoms with E-state index in [4.69, 9.17) is 4.74 Å². The molecule has 0 heterocycles. The summed E-state index contributed by atoms with van der Waals surface area (Å²) >= 11 is 0. The normalized spacial score (nSPS) is 19.2. The van der Waals surface area contributed by atoms with E-state index in [1.165, 1.54) is 38.5 Å².